The summed E-state index contributed by atoms with van der Waals surface area (Å²) in [5, 5.41) is 15.7. The molecular weight excluding hydrogens is 390 g/mol. The lowest BCUT2D eigenvalue weighted by atomic mass is 10.2. The molecule has 2 aromatic carbocycles. The molecule has 0 radical (unpaired) electrons. The Balaban J connectivity index is 1.54. The molecule has 156 valence electrons. The van der Waals surface area contributed by atoms with Gasteiger partial charge >= 0.3 is 5.97 Å². The van der Waals surface area contributed by atoms with E-state index in [0.29, 0.717) is 41.7 Å². The van der Waals surface area contributed by atoms with Crippen LogP contribution in [0.1, 0.15) is 29.1 Å². The summed E-state index contributed by atoms with van der Waals surface area (Å²) in [6.07, 6.45) is 1.16. The van der Waals surface area contributed by atoms with Crippen molar-refractivity contribution in [1.82, 2.24) is 10.1 Å². The summed E-state index contributed by atoms with van der Waals surface area (Å²) in [5.41, 5.74) is 1.27. The molecular formula is C21H21N3O6. The number of anilines is 1. The number of nitrogens with one attached hydrogen (secondary N) is 1. The second-order valence-electron chi connectivity index (χ2n) is 6.37. The Bertz CT molecular complexity index is 1050. The number of aromatic nitrogens is 2. The van der Waals surface area contributed by atoms with E-state index in [2.05, 4.69) is 15.5 Å². The van der Waals surface area contributed by atoms with Gasteiger partial charge in [-0.2, -0.15) is 4.98 Å². The molecule has 0 spiro atoms. The SMILES string of the molecule is COc1ccc(-c2noc(CCCC(=O)Nc3cccc(C(=O)O)c3)n2)cc1OC. The number of carbonyl (C=O) groups is 2. The smallest absolute Gasteiger partial charge is 0.335 e. The number of carbonyl (C=O) groups excluding carboxylic acids is 1. The molecule has 0 unspecified atom stereocenters. The Morgan fingerprint density at radius 2 is 1.90 bits per heavy atom. The molecule has 2 N–H and O–H groups in total. The van der Waals surface area contributed by atoms with Gasteiger partial charge in [-0.05, 0) is 42.8 Å². The topological polar surface area (TPSA) is 124 Å². The molecule has 0 saturated heterocycles. The van der Waals surface area contributed by atoms with E-state index in [1.54, 1.807) is 44.6 Å². The molecule has 9 nitrogen and oxygen atoms in total. The summed E-state index contributed by atoms with van der Waals surface area (Å²) >= 11 is 0. The van der Waals surface area contributed by atoms with Gasteiger partial charge in [0.1, 0.15) is 0 Å². The quantitative estimate of drug-likeness (QED) is 0.549. The molecule has 1 amide bonds. The maximum atomic E-state index is 12.1. The third-order valence-corrected chi connectivity index (χ3v) is 4.30. The van der Waals surface area contributed by atoms with Crippen LogP contribution < -0.4 is 14.8 Å². The van der Waals surface area contributed by atoms with Crippen LogP contribution in [0.15, 0.2) is 47.0 Å². The van der Waals surface area contributed by atoms with Crippen LogP contribution in [-0.4, -0.2) is 41.3 Å². The zero-order valence-electron chi connectivity index (χ0n) is 16.5. The summed E-state index contributed by atoms with van der Waals surface area (Å²) in [6.45, 7) is 0. The fourth-order valence-electron chi connectivity index (χ4n) is 2.80. The number of hydrogen-bond donors (Lipinski definition) is 2. The van der Waals surface area contributed by atoms with Crippen molar-refractivity contribution in [3.63, 3.8) is 0 Å². The number of hydrogen-bond acceptors (Lipinski definition) is 7. The molecule has 0 aliphatic rings. The van der Waals surface area contributed by atoms with Crippen molar-refractivity contribution < 1.29 is 28.7 Å². The first-order valence-electron chi connectivity index (χ1n) is 9.18. The maximum Gasteiger partial charge on any atom is 0.335 e. The van der Waals surface area contributed by atoms with Gasteiger partial charge in [0.2, 0.25) is 17.6 Å². The number of amides is 1. The summed E-state index contributed by atoms with van der Waals surface area (Å²) in [5.74, 6) is 0.723. The van der Waals surface area contributed by atoms with Crippen LogP contribution in [-0.2, 0) is 11.2 Å². The third-order valence-electron chi connectivity index (χ3n) is 4.30. The van der Waals surface area contributed by atoms with E-state index < -0.39 is 5.97 Å². The molecule has 0 aliphatic heterocycles. The van der Waals surface area contributed by atoms with Gasteiger partial charge in [-0.3, -0.25) is 4.79 Å². The van der Waals surface area contributed by atoms with Crippen molar-refractivity contribution in [2.75, 3.05) is 19.5 Å². The first kappa shape index (κ1) is 20.8. The fourth-order valence-corrected chi connectivity index (χ4v) is 2.80. The van der Waals surface area contributed by atoms with Crippen molar-refractivity contribution in [2.45, 2.75) is 19.3 Å². The summed E-state index contributed by atoms with van der Waals surface area (Å²) in [4.78, 5) is 27.4. The van der Waals surface area contributed by atoms with Crippen LogP contribution in [0.4, 0.5) is 5.69 Å². The Labute approximate surface area is 172 Å². The second kappa shape index (κ2) is 9.55. The average molecular weight is 411 g/mol. The number of aryl methyl sites for hydroxylation is 1. The molecule has 9 heteroatoms. The van der Waals surface area contributed by atoms with Crippen LogP contribution in [0.2, 0.25) is 0 Å². The van der Waals surface area contributed by atoms with Crippen molar-refractivity contribution in [3.05, 3.63) is 53.9 Å². The molecule has 0 atom stereocenters. The molecule has 3 aromatic rings. The maximum absolute atomic E-state index is 12.1. The van der Waals surface area contributed by atoms with E-state index in [-0.39, 0.29) is 17.9 Å². The molecule has 1 heterocycles. The summed E-state index contributed by atoms with van der Waals surface area (Å²) in [6, 6.07) is 11.4. The van der Waals surface area contributed by atoms with Crippen LogP contribution in [0.5, 0.6) is 11.5 Å². The summed E-state index contributed by atoms with van der Waals surface area (Å²) < 4.78 is 15.8. The Kier molecular flexibility index (Phi) is 6.63. The van der Waals surface area contributed by atoms with Crippen molar-refractivity contribution in [3.8, 4) is 22.9 Å². The molecule has 0 aliphatic carbocycles. The lowest BCUT2D eigenvalue weighted by molar-refractivity contribution is -0.116. The zero-order valence-corrected chi connectivity index (χ0v) is 16.5. The van der Waals surface area contributed by atoms with E-state index in [1.807, 2.05) is 0 Å². The number of benzene rings is 2. The number of carboxylic acids is 1. The minimum Gasteiger partial charge on any atom is -0.493 e. The van der Waals surface area contributed by atoms with Gasteiger partial charge in [-0.1, -0.05) is 11.2 Å². The Hall–Kier alpha value is -3.88. The highest BCUT2D eigenvalue weighted by Crippen LogP contribution is 2.31. The molecule has 30 heavy (non-hydrogen) atoms. The van der Waals surface area contributed by atoms with Gasteiger partial charge in [-0.25, -0.2) is 4.79 Å². The molecule has 3 rings (SSSR count). The largest absolute Gasteiger partial charge is 0.493 e. The van der Waals surface area contributed by atoms with Crippen LogP contribution in [0.25, 0.3) is 11.4 Å². The Morgan fingerprint density at radius 3 is 2.63 bits per heavy atom. The molecule has 0 fully saturated rings. The second-order valence-corrected chi connectivity index (χ2v) is 6.37. The van der Waals surface area contributed by atoms with Crippen molar-refractivity contribution in [1.29, 1.82) is 0 Å². The zero-order chi connectivity index (χ0) is 21.5. The normalized spacial score (nSPS) is 10.5. The average Bonchev–Trinajstić information content (AvgIpc) is 3.22. The van der Waals surface area contributed by atoms with E-state index in [1.165, 1.54) is 12.1 Å². The number of aromatic carboxylic acids is 1. The lowest BCUT2D eigenvalue weighted by Crippen LogP contribution is -2.12. The summed E-state index contributed by atoms with van der Waals surface area (Å²) in [7, 11) is 3.11. The lowest BCUT2D eigenvalue weighted by Gasteiger charge is -2.07. The molecule has 0 saturated carbocycles. The number of ether oxygens (including phenoxy) is 2. The first-order valence-corrected chi connectivity index (χ1v) is 9.18. The predicted octanol–water partition coefficient (Wildman–Crippen LogP) is 3.41. The van der Waals surface area contributed by atoms with E-state index in [4.69, 9.17) is 19.1 Å². The Morgan fingerprint density at radius 1 is 1.10 bits per heavy atom. The first-order chi connectivity index (χ1) is 14.5. The molecule has 0 bridgehead atoms. The number of nitrogens with zero attached hydrogens (tertiary/aromatic N) is 2. The van der Waals surface area contributed by atoms with Gasteiger partial charge in [0, 0.05) is 24.1 Å². The van der Waals surface area contributed by atoms with Gasteiger partial charge in [0.05, 0.1) is 19.8 Å². The van der Waals surface area contributed by atoms with E-state index in [0.717, 1.165) is 5.56 Å². The highest BCUT2D eigenvalue weighted by molar-refractivity contribution is 5.93. The highest BCUT2D eigenvalue weighted by Gasteiger charge is 2.13. The molecule has 1 aromatic heterocycles. The van der Waals surface area contributed by atoms with Gasteiger partial charge in [0.15, 0.2) is 11.5 Å². The number of carboxylic acid groups (broad SMARTS) is 1. The minimum atomic E-state index is -1.05. The number of rotatable bonds is 9. The third kappa shape index (κ3) is 5.13. The highest BCUT2D eigenvalue weighted by atomic mass is 16.5. The fraction of sp³-hybridized carbons (Fsp3) is 0.238. The van der Waals surface area contributed by atoms with E-state index >= 15 is 0 Å². The van der Waals surface area contributed by atoms with Gasteiger partial charge in [0.25, 0.3) is 0 Å². The predicted molar refractivity (Wildman–Crippen MR) is 108 cm³/mol. The van der Waals surface area contributed by atoms with Crippen molar-refractivity contribution in [2.24, 2.45) is 0 Å². The van der Waals surface area contributed by atoms with Gasteiger partial charge in [-0.15, -0.1) is 0 Å². The van der Waals surface area contributed by atoms with Crippen LogP contribution in [0, 0.1) is 0 Å². The standard InChI is InChI=1S/C21H21N3O6/c1-28-16-10-9-13(12-17(16)29-2)20-23-19(30-24-20)8-4-7-18(25)22-15-6-3-5-14(11-15)21(26)27/h3,5-6,9-12H,4,7-8H2,1-2H3,(H,22,25)(H,26,27). The van der Waals surface area contributed by atoms with Gasteiger partial charge < -0.3 is 24.4 Å². The minimum absolute atomic E-state index is 0.112. The number of methoxy groups -OCH3 is 2. The monoisotopic (exact) mass is 411 g/mol. The van der Waals surface area contributed by atoms with E-state index in [9.17, 15) is 9.59 Å². The van der Waals surface area contributed by atoms with Crippen LogP contribution >= 0.6 is 0 Å². The van der Waals surface area contributed by atoms with Crippen LogP contribution in [0.3, 0.4) is 0 Å². The van der Waals surface area contributed by atoms with Crippen molar-refractivity contribution >= 4 is 17.6 Å².